The summed E-state index contributed by atoms with van der Waals surface area (Å²) in [6.07, 6.45) is -3.56. The van der Waals surface area contributed by atoms with Gasteiger partial charge in [0.2, 0.25) is 5.95 Å². The van der Waals surface area contributed by atoms with Crippen molar-refractivity contribution in [3.8, 4) is 0 Å². The molecule has 5 nitrogen and oxygen atoms in total. The monoisotopic (exact) mass is 292 g/mol. The zero-order chi connectivity index (χ0) is 15.4. The van der Waals surface area contributed by atoms with Gasteiger partial charge in [-0.3, -0.25) is 0 Å². The van der Waals surface area contributed by atoms with Crippen LogP contribution in [0.4, 0.5) is 24.9 Å². The Hall–Kier alpha value is -1.57. The first-order valence-corrected chi connectivity index (χ1v) is 6.34. The highest BCUT2D eigenvalue weighted by Gasteiger charge is 2.34. The summed E-state index contributed by atoms with van der Waals surface area (Å²) in [7, 11) is 1.44. The maximum atomic E-state index is 12.7. The van der Waals surface area contributed by atoms with E-state index in [1.165, 1.54) is 7.05 Å². The minimum Gasteiger partial charge on any atom is -0.388 e. The van der Waals surface area contributed by atoms with Gasteiger partial charge in [-0.1, -0.05) is 13.8 Å². The van der Waals surface area contributed by atoms with Crippen molar-refractivity contribution in [2.75, 3.05) is 24.2 Å². The van der Waals surface area contributed by atoms with Crippen LogP contribution in [-0.4, -0.2) is 34.3 Å². The van der Waals surface area contributed by atoms with Gasteiger partial charge in [-0.25, -0.2) is 4.98 Å². The number of hydrogen-bond donors (Lipinski definition) is 3. The molecular formula is C12H19F3N4O. The second-order valence-electron chi connectivity index (χ2n) is 4.49. The van der Waals surface area contributed by atoms with Crippen molar-refractivity contribution in [2.45, 2.75) is 38.5 Å². The summed E-state index contributed by atoms with van der Waals surface area (Å²) < 4.78 is 38.1. The van der Waals surface area contributed by atoms with Gasteiger partial charge in [0.1, 0.15) is 5.82 Å². The first-order chi connectivity index (χ1) is 9.24. The van der Waals surface area contributed by atoms with E-state index < -0.39 is 17.5 Å². The average Bonchev–Trinajstić information content (AvgIpc) is 2.43. The molecule has 1 aromatic rings. The lowest BCUT2D eigenvalue weighted by atomic mass is 9.98. The molecule has 0 saturated heterocycles. The van der Waals surface area contributed by atoms with E-state index in [0.717, 1.165) is 6.07 Å². The number of aromatic nitrogens is 2. The average molecular weight is 292 g/mol. The molecule has 1 rings (SSSR count). The predicted molar refractivity (Wildman–Crippen MR) is 70.6 cm³/mol. The van der Waals surface area contributed by atoms with Gasteiger partial charge in [-0.15, -0.1) is 0 Å². The lowest BCUT2D eigenvalue weighted by Gasteiger charge is -2.25. The maximum absolute atomic E-state index is 12.7. The Balaban J connectivity index is 2.95. The molecule has 0 bridgehead atoms. The van der Waals surface area contributed by atoms with Crippen LogP contribution in [0.2, 0.25) is 0 Å². The van der Waals surface area contributed by atoms with E-state index in [-0.39, 0.29) is 18.3 Å². The fourth-order valence-corrected chi connectivity index (χ4v) is 1.55. The standard InChI is InChI=1S/C12H19F3N4O/c1-4-11(20,5-2)7-17-9-6-8(12(13,14)15)18-10(16-3)19-9/h6,20H,4-5,7H2,1-3H3,(H2,16,17,18,19). The second kappa shape index (κ2) is 6.25. The Morgan fingerprint density at radius 2 is 1.80 bits per heavy atom. The van der Waals surface area contributed by atoms with Crippen LogP contribution in [0.5, 0.6) is 0 Å². The second-order valence-corrected chi connectivity index (χ2v) is 4.49. The summed E-state index contributed by atoms with van der Waals surface area (Å²) in [5, 5.41) is 15.3. The van der Waals surface area contributed by atoms with Crippen LogP contribution in [0.3, 0.4) is 0 Å². The molecule has 1 heterocycles. The van der Waals surface area contributed by atoms with E-state index in [0.29, 0.717) is 12.8 Å². The molecule has 20 heavy (non-hydrogen) atoms. The molecular weight excluding hydrogens is 273 g/mol. The zero-order valence-corrected chi connectivity index (χ0v) is 11.7. The van der Waals surface area contributed by atoms with Gasteiger partial charge >= 0.3 is 6.18 Å². The third-order valence-electron chi connectivity index (χ3n) is 3.15. The highest BCUT2D eigenvalue weighted by atomic mass is 19.4. The van der Waals surface area contributed by atoms with E-state index in [4.69, 9.17) is 0 Å². The third kappa shape index (κ3) is 4.22. The van der Waals surface area contributed by atoms with Crippen LogP contribution in [0, 0.1) is 0 Å². The largest absolute Gasteiger partial charge is 0.433 e. The Kier molecular flexibility index (Phi) is 5.15. The first-order valence-electron chi connectivity index (χ1n) is 6.34. The molecule has 0 aliphatic heterocycles. The quantitative estimate of drug-likeness (QED) is 0.751. The first kappa shape index (κ1) is 16.5. The van der Waals surface area contributed by atoms with Crippen LogP contribution in [0.15, 0.2) is 6.07 Å². The van der Waals surface area contributed by atoms with E-state index >= 15 is 0 Å². The number of hydrogen-bond acceptors (Lipinski definition) is 5. The highest BCUT2D eigenvalue weighted by Crippen LogP contribution is 2.29. The van der Waals surface area contributed by atoms with Gasteiger partial charge in [0.15, 0.2) is 5.69 Å². The van der Waals surface area contributed by atoms with Gasteiger partial charge in [0, 0.05) is 19.7 Å². The molecule has 0 aliphatic carbocycles. The molecule has 8 heteroatoms. The minimum atomic E-state index is -4.54. The summed E-state index contributed by atoms with van der Waals surface area (Å²) in [5.74, 6) is -0.101. The van der Waals surface area contributed by atoms with Gasteiger partial charge < -0.3 is 15.7 Å². The zero-order valence-electron chi connectivity index (χ0n) is 11.7. The molecule has 0 unspecified atom stereocenters. The number of halogens is 3. The lowest BCUT2D eigenvalue weighted by molar-refractivity contribution is -0.141. The van der Waals surface area contributed by atoms with Crippen LogP contribution < -0.4 is 10.6 Å². The normalized spacial score (nSPS) is 12.3. The summed E-state index contributed by atoms with van der Waals surface area (Å²) in [5.41, 5.74) is -2.00. The fourth-order valence-electron chi connectivity index (χ4n) is 1.55. The molecule has 1 aromatic heterocycles. The Bertz CT molecular complexity index is 447. The molecule has 0 radical (unpaired) electrons. The van der Waals surface area contributed by atoms with Crippen LogP contribution in [-0.2, 0) is 6.18 Å². The Morgan fingerprint density at radius 1 is 1.20 bits per heavy atom. The SMILES string of the molecule is CCC(O)(CC)CNc1cc(C(F)(F)F)nc(NC)n1. The van der Waals surface area contributed by atoms with Crippen LogP contribution in [0.1, 0.15) is 32.4 Å². The van der Waals surface area contributed by atoms with E-state index in [2.05, 4.69) is 20.6 Å². The summed E-state index contributed by atoms with van der Waals surface area (Å²) in [6.45, 7) is 3.74. The van der Waals surface area contributed by atoms with Crippen molar-refractivity contribution >= 4 is 11.8 Å². The molecule has 0 aromatic carbocycles. The van der Waals surface area contributed by atoms with Crippen molar-refractivity contribution < 1.29 is 18.3 Å². The van der Waals surface area contributed by atoms with Crippen LogP contribution in [0.25, 0.3) is 0 Å². The van der Waals surface area contributed by atoms with Crippen molar-refractivity contribution in [3.63, 3.8) is 0 Å². The van der Waals surface area contributed by atoms with Gasteiger partial charge in [-0.05, 0) is 12.8 Å². The number of aliphatic hydroxyl groups is 1. The maximum Gasteiger partial charge on any atom is 0.433 e. The molecule has 114 valence electrons. The van der Waals surface area contributed by atoms with Gasteiger partial charge in [-0.2, -0.15) is 18.2 Å². The van der Waals surface area contributed by atoms with E-state index in [9.17, 15) is 18.3 Å². The number of anilines is 2. The number of nitrogens with zero attached hydrogens (tertiary/aromatic N) is 2. The summed E-state index contributed by atoms with van der Waals surface area (Å²) in [4.78, 5) is 7.25. The lowest BCUT2D eigenvalue weighted by Crippen LogP contribution is -2.35. The Labute approximate surface area is 115 Å². The van der Waals surface area contributed by atoms with Crippen molar-refractivity contribution in [1.82, 2.24) is 9.97 Å². The number of alkyl halides is 3. The molecule has 3 N–H and O–H groups in total. The molecule has 0 atom stereocenters. The smallest absolute Gasteiger partial charge is 0.388 e. The molecule has 0 spiro atoms. The molecule has 0 aliphatic rings. The minimum absolute atomic E-state index is 0.0250. The van der Waals surface area contributed by atoms with E-state index in [1.54, 1.807) is 0 Å². The Morgan fingerprint density at radius 3 is 2.25 bits per heavy atom. The van der Waals surface area contributed by atoms with Gasteiger partial charge in [0.05, 0.1) is 5.60 Å². The summed E-state index contributed by atoms with van der Waals surface area (Å²) >= 11 is 0. The molecule has 0 amide bonds. The number of rotatable bonds is 6. The third-order valence-corrected chi connectivity index (χ3v) is 3.15. The molecule has 0 saturated carbocycles. The van der Waals surface area contributed by atoms with Crippen LogP contribution >= 0.6 is 0 Å². The highest BCUT2D eigenvalue weighted by molar-refractivity contribution is 5.43. The summed E-state index contributed by atoms with van der Waals surface area (Å²) in [6, 6.07) is 0.826. The van der Waals surface area contributed by atoms with Crippen molar-refractivity contribution in [3.05, 3.63) is 11.8 Å². The predicted octanol–water partition coefficient (Wildman–Crippen LogP) is 2.50. The van der Waals surface area contributed by atoms with Gasteiger partial charge in [0.25, 0.3) is 0 Å². The van der Waals surface area contributed by atoms with Crippen molar-refractivity contribution in [1.29, 1.82) is 0 Å². The van der Waals surface area contributed by atoms with Crippen molar-refractivity contribution in [2.24, 2.45) is 0 Å². The molecule has 0 fully saturated rings. The fraction of sp³-hybridized carbons (Fsp3) is 0.667. The number of nitrogens with one attached hydrogen (secondary N) is 2. The van der Waals surface area contributed by atoms with E-state index in [1.807, 2.05) is 13.8 Å². The topological polar surface area (TPSA) is 70.1 Å².